The maximum absolute atomic E-state index is 7.46. The highest BCUT2D eigenvalue weighted by Gasteiger charge is 2.27. The van der Waals surface area contributed by atoms with Gasteiger partial charge in [-0.2, -0.15) is 0 Å². The van der Waals surface area contributed by atoms with Crippen LogP contribution in [0.3, 0.4) is 0 Å². The molecule has 0 saturated heterocycles. The van der Waals surface area contributed by atoms with Crippen LogP contribution in [-0.2, 0) is 4.74 Å². The van der Waals surface area contributed by atoms with Crippen molar-refractivity contribution in [3.05, 3.63) is 179 Å². The Morgan fingerprint density at radius 3 is 1.15 bits per heavy atom. The number of rotatable bonds is 18. The third kappa shape index (κ3) is 10.8. The molecule has 6 rings (SSSR count). The second-order valence-corrected chi connectivity index (χ2v) is 14.3. The van der Waals surface area contributed by atoms with E-state index >= 15 is 0 Å². The van der Waals surface area contributed by atoms with Crippen LogP contribution < -0.4 is 18.9 Å². The lowest BCUT2D eigenvalue weighted by atomic mass is 9.89. The van der Waals surface area contributed by atoms with Gasteiger partial charge < -0.3 is 23.7 Å². The number of benzene rings is 6. The number of para-hydroxylation sites is 2. The molecule has 0 N–H and O–H groups in total. The fourth-order valence-electron chi connectivity index (χ4n) is 6.86. The molecule has 0 heterocycles. The molecular formula is C50H54O5. The first-order valence-corrected chi connectivity index (χ1v) is 19.6. The van der Waals surface area contributed by atoms with Crippen molar-refractivity contribution < 1.29 is 23.7 Å². The minimum absolute atomic E-state index is 0.194. The van der Waals surface area contributed by atoms with Gasteiger partial charge in [0.2, 0.25) is 0 Å². The number of hydrogen-bond acceptors (Lipinski definition) is 5. The van der Waals surface area contributed by atoms with Crippen LogP contribution in [0, 0.1) is 13.8 Å². The Morgan fingerprint density at radius 1 is 0.418 bits per heavy atom. The molecule has 0 spiro atoms. The molecule has 0 aromatic heterocycles. The van der Waals surface area contributed by atoms with E-state index in [9.17, 15) is 0 Å². The zero-order valence-corrected chi connectivity index (χ0v) is 33.0. The minimum atomic E-state index is -0.252. The van der Waals surface area contributed by atoms with E-state index in [0.29, 0.717) is 13.2 Å². The van der Waals surface area contributed by atoms with Gasteiger partial charge in [0.15, 0.2) is 0 Å². The Labute approximate surface area is 327 Å². The Morgan fingerprint density at radius 2 is 0.782 bits per heavy atom. The van der Waals surface area contributed by atoms with E-state index < -0.39 is 0 Å². The fraction of sp³-hybridized carbons (Fsp3) is 0.280. The van der Waals surface area contributed by atoms with Crippen molar-refractivity contribution in [3.8, 4) is 34.5 Å². The molecular weight excluding hydrogens is 681 g/mol. The second kappa shape index (κ2) is 19.2. The standard InChI is InChI=1S/C50H54O5/c1-7-51-43-27-23-39(24-28-43)37(5)31-49(41-21-19-35(3)47(33-41)53-45-15-11-9-12-16-45)55-50(32-38(6)40-25-29-44(30-26-40)52-8-2)42-22-20-36(4)48(34-42)54-46-17-13-10-14-18-46/h9-30,33-34,37-38,49-50H,7-8,31-32H2,1-6H3. The summed E-state index contributed by atoms with van der Waals surface area (Å²) >= 11 is 0. The van der Waals surface area contributed by atoms with E-state index in [2.05, 4.69) is 113 Å². The van der Waals surface area contributed by atoms with Gasteiger partial charge >= 0.3 is 0 Å². The lowest BCUT2D eigenvalue weighted by Gasteiger charge is -2.30. The van der Waals surface area contributed by atoms with Crippen molar-refractivity contribution >= 4 is 0 Å². The van der Waals surface area contributed by atoms with E-state index in [1.807, 2.05) is 74.5 Å². The smallest absolute Gasteiger partial charge is 0.130 e. The molecule has 4 unspecified atom stereocenters. The van der Waals surface area contributed by atoms with Gasteiger partial charge in [0.25, 0.3) is 0 Å². The highest BCUT2D eigenvalue weighted by Crippen LogP contribution is 2.42. The van der Waals surface area contributed by atoms with Crippen LogP contribution in [0.5, 0.6) is 34.5 Å². The highest BCUT2D eigenvalue weighted by molar-refractivity contribution is 5.43. The average Bonchev–Trinajstić information content (AvgIpc) is 3.20. The molecule has 0 fully saturated rings. The summed E-state index contributed by atoms with van der Waals surface area (Å²) in [6.07, 6.45) is 1.01. The van der Waals surface area contributed by atoms with Crippen molar-refractivity contribution in [2.24, 2.45) is 0 Å². The van der Waals surface area contributed by atoms with Crippen LogP contribution in [0.15, 0.2) is 146 Å². The molecule has 0 aliphatic heterocycles. The summed E-state index contributed by atoms with van der Waals surface area (Å²) < 4.78 is 31.9. The summed E-state index contributed by atoms with van der Waals surface area (Å²) in [5.74, 6) is 5.39. The Kier molecular flexibility index (Phi) is 13.7. The molecule has 0 aliphatic rings. The first kappa shape index (κ1) is 39.2. The molecule has 0 aliphatic carbocycles. The van der Waals surface area contributed by atoms with Crippen LogP contribution in [0.2, 0.25) is 0 Å². The van der Waals surface area contributed by atoms with Gasteiger partial charge in [-0.05, 0) is 146 Å². The summed E-state index contributed by atoms with van der Waals surface area (Å²) in [6.45, 7) is 14.0. The Hall–Kier alpha value is -5.52. The third-order valence-corrected chi connectivity index (χ3v) is 10.1. The van der Waals surface area contributed by atoms with Gasteiger partial charge in [-0.3, -0.25) is 0 Å². The lowest BCUT2D eigenvalue weighted by molar-refractivity contribution is -0.0295. The molecule has 0 radical (unpaired) electrons. The van der Waals surface area contributed by atoms with Crippen molar-refractivity contribution in [2.75, 3.05) is 13.2 Å². The van der Waals surface area contributed by atoms with E-state index in [-0.39, 0.29) is 24.0 Å². The zero-order chi connectivity index (χ0) is 38.6. The Balaban J connectivity index is 1.38. The van der Waals surface area contributed by atoms with Crippen molar-refractivity contribution in [2.45, 2.75) is 78.4 Å². The first-order chi connectivity index (χ1) is 26.8. The summed E-state index contributed by atoms with van der Waals surface area (Å²) in [7, 11) is 0. The van der Waals surface area contributed by atoms with Crippen molar-refractivity contribution in [3.63, 3.8) is 0 Å². The maximum Gasteiger partial charge on any atom is 0.130 e. The topological polar surface area (TPSA) is 46.2 Å². The van der Waals surface area contributed by atoms with Crippen molar-refractivity contribution in [1.29, 1.82) is 0 Å². The molecule has 4 atom stereocenters. The number of hydrogen-bond donors (Lipinski definition) is 0. The van der Waals surface area contributed by atoms with Gasteiger partial charge in [0.1, 0.15) is 34.5 Å². The van der Waals surface area contributed by atoms with E-state index in [1.54, 1.807) is 0 Å². The highest BCUT2D eigenvalue weighted by atomic mass is 16.5. The van der Waals surface area contributed by atoms with Gasteiger partial charge in [0, 0.05) is 0 Å². The molecule has 6 aromatic carbocycles. The average molecular weight is 735 g/mol. The fourth-order valence-corrected chi connectivity index (χ4v) is 6.86. The van der Waals surface area contributed by atoms with Crippen molar-refractivity contribution in [1.82, 2.24) is 0 Å². The second-order valence-electron chi connectivity index (χ2n) is 14.3. The summed E-state index contributed by atoms with van der Waals surface area (Å²) in [4.78, 5) is 0. The number of ether oxygens (including phenoxy) is 5. The molecule has 5 heteroatoms. The van der Waals surface area contributed by atoms with Gasteiger partial charge in [-0.25, -0.2) is 0 Å². The quantitative estimate of drug-likeness (QED) is 0.0880. The van der Waals surface area contributed by atoms with E-state index in [1.165, 1.54) is 11.1 Å². The predicted octanol–water partition coefficient (Wildman–Crippen LogP) is 13.9. The summed E-state index contributed by atoms with van der Waals surface area (Å²) in [6, 6.07) is 49.8. The first-order valence-electron chi connectivity index (χ1n) is 19.6. The van der Waals surface area contributed by atoms with Crippen LogP contribution >= 0.6 is 0 Å². The van der Waals surface area contributed by atoms with Gasteiger partial charge in [-0.15, -0.1) is 0 Å². The van der Waals surface area contributed by atoms with Crippen LogP contribution in [0.1, 0.15) is 98.0 Å². The normalized spacial score (nSPS) is 13.3. The minimum Gasteiger partial charge on any atom is -0.494 e. The monoisotopic (exact) mass is 734 g/mol. The van der Waals surface area contributed by atoms with E-state index in [0.717, 1.165) is 69.6 Å². The molecule has 0 saturated carbocycles. The molecule has 0 bridgehead atoms. The summed E-state index contributed by atoms with van der Waals surface area (Å²) in [5, 5.41) is 0. The molecule has 6 aromatic rings. The van der Waals surface area contributed by atoms with Crippen LogP contribution in [-0.4, -0.2) is 13.2 Å². The molecule has 0 amide bonds. The van der Waals surface area contributed by atoms with Gasteiger partial charge in [-0.1, -0.05) is 98.8 Å². The van der Waals surface area contributed by atoms with Gasteiger partial charge in [0.05, 0.1) is 25.4 Å². The third-order valence-electron chi connectivity index (χ3n) is 10.1. The number of aryl methyl sites for hydroxylation is 2. The maximum atomic E-state index is 7.46. The van der Waals surface area contributed by atoms with E-state index in [4.69, 9.17) is 23.7 Å². The Bertz CT molecular complexity index is 1910. The molecule has 55 heavy (non-hydrogen) atoms. The van der Waals surface area contributed by atoms with Crippen LogP contribution in [0.4, 0.5) is 0 Å². The largest absolute Gasteiger partial charge is 0.494 e. The lowest BCUT2D eigenvalue weighted by Crippen LogP contribution is -2.16. The van der Waals surface area contributed by atoms with Crippen LogP contribution in [0.25, 0.3) is 0 Å². The summed E-state index contributed by atoms with van der Waals surface area (Å²) in [5.41, 5.74) is 6.73. The molecule has 5 nitrogen and oxygen atoms in total. The SMILES string of the molecule is CCOc1ccc(C(C)CC(OC(CC(C)c2ccc(OCC)cc2)c2ccc(C)c(Oc3ccccc3)c2)c2ccc(C)c(Oc3ccccc3)c2)cc1. The zero-order valence-electron chi connectivity index (χ0n) is 33.0. The predicted molar refractivity (Wildman–Crippen MR) is 223 cm³/mol. The molecule has 284 valence electrons.